The van der Waals surface area contributed by atoms with Gasteiger partial charge in [-0.05, 0) is 37.1 Å². The molecule has 1 heterocycles. The summed E-state index contributed by atoms with van der Waals surface area (Å²) in [6, 6.07) is 10.2. The number of sulfonamides is 1. The number of esters is 1. The van der Waals surface area contributed by atoms with Crippen molar-refractivity contribution in [2.45, 2.75) is 36.0 Å². The molecule has 1 saturated carbocycles. The summed E-state index contributed by atoms with van der Waals surface area (Å²) in [6.45, 7) is 0.382. The topological polar surface area (TPSA) is 102 Å². The lowest BCUT2D eigenvalue weighted by molar-refractivity contribution is -0.153. The van der Waals surface area contributed by atoms with Gasteiger partial charge in [0.2, 0.25) is 10.0 Å². The van der Waals surface area contributed by atoms with Crippen molar-refractivity contribution in [2.24, 2.45) is 0 Å². The lowest BCUT2D eigenvalue weighted by Gasteiger charge is -2.27. The van der Waals surface area contributed by atoms with Crippen molar-refractivity contribution in [3.8, 4) is 0 Å². The van der Waals surface area contributed by atoms with Crippen LogP contribution in [-0.4, -0.2) is 57.5 Å². The summed E-state index contributed by atoms with van der Waals surface area (Å²) in [4.78, 5) is 25.4. The molecular weight excluding hydrogens is 499 g/mol. The second-order valence-corrected chi connectivity index (χ2v) is 10.9. The van der Waals surface area contributed by atoms with Crippen LogP contribution in [0.4, 0.5) is 10.1 Å². The fourth-order valence-electron chi connectivity index (χ4n) is 4.58. The van der Waals surface area contributed by atoms with Gasteiger partial charge in [0.25, 0.3) is 5.91 Å². The zero-order valence-electron chi connectivity index (χ0n) is 19.0. The van der Waals surface area contributed by atoms with Crippen molar-refractivity contribution in [3.05, 3.63) is 58.9 Å². The standard InChI is InChI=1S/C24H26ClFN2O6S/c25-19-8-7-17(15-21(19)35(31,32)28-11-13-33-14-12-28)27-22(29)16-34-23(30)24(9-3-4-10-24)18-5-1-2-6-20(18)26/h1-2,5-8,15H,3-4,9-14,16H2,(H,27,29). The van der Waals surface area contributed by atoms with Crippen LogP contribution < -0.4 is 5.32 Å². The van der Waals surface area contributed by atoms with Gasteiger partial charge in [0, 0.05) is 24.3 Å². The summed E-state index contributed by atoms with van der Waals surface area (Å²) >= 11 is 6.15. The van der Waals surface area contributed by atoms with Crippen LogP contribution >= 0.6 is 11.6 Å². The van der Waals surface area contributed by atoms with Gasteiger partial charge in [-0.1, -0.05) is 42.6 Å². The van der Waals surface area contributed by atoms with Crippen molar-refractivity contribution in [1.82, 2.24) is 4.31 Å². The predicted octanol–water partition coefficient (Wildman–Crippen LogP) is 3.49. The van der Waals surface area contributed by atoms with Crippen LogP contribution in [-0.2, 0) is 34.5 Å². The van der Waals surface area contributed by atoms with E-state index < -0.39 is 39.7 Å². The third-order valence-corrected chi connectivity index (χ3v) is 8.75. The van der Waals surface area contributed by atoms with E-state index in [0.717, 1.165) is 12.8 Å². The van der Waals surface area contributed by atoms with E-state index in [2.05, 4.69) is 5.32 Å². The zero-order valence-corrected chi connectivity index (χ0v) is 20.5. The second kappa shape index (κ2) is 10.6. The molecular formula is C24H26ClFN2O6S. The van der Waals surface area contributed by atoms with E-state index in [1.807, 2.05) is 0 Å². The molecule has 2 aromatic carbocycles. The highest BCUT2D eigenvalue weighted by molar-refractivity contribution is 7.89. The Morgan fingerprint density at radius 3 is 2.49 bits per heavy atom. The monoisotopic (exact) mass is 524 g/mol. The maximum absolute atomic E-state index is 14.5. The van der Waals surface area contributed by atoms with E-state index >= 15 is 0 Å². The average molecular weight is 525 g/mol. The highest BCUT2D eigenvalue weighted by Crippen LogP contribution is 2.43. The summed E-state index contributed by atoms with van der Waals surface area (Å²) in [7, 11) is -3.88. The number of hydrogen-bond donors (Lipinski definition) is 1. The lowest BCUT2D eigenvalue weighted by atomic mass is 9.78. The average Bonchev–Trinajstić information content (AvgIpc) is 3.35. The number of nitrogens with zero attached hydrogens (tertiary/aromatic N) is 1. The number of rotatable bonds is 7. The van der Waals surface area contributed by atoms with Crippen molar-refractivity contribution >= 4 is 39.2 Å². The minimum atomic E-state index is -3.88. The molecule has 4 rings (SSSR count). The summed E-state index contributed by atoms with van der Waals surface area (Å²) in [5.74, 6) is -1.79. The smallest absolute Gasteiger partial charge is 0.317 e. The molecule has 1 aliphatic carbocycles. The first-order valence-corrected chi connectivity index (χ1v) is 13.2. The molecule has 2 fully saturated rings. The Morgan fingerprint density at radius 1 is 1.11 bits per heavy atom. The van der Waals surface area contributed by atoms with Crippen molar-refractivity contribution in [1.29, 1.82) is 0 Å². The van der Waals surface area contributed by atoms with Gasteiger partial charge in [0.05, 0.1) is 23.7 Å². The van der Waals surface area contributed by atoms with Crippen LogP contribution in [0.25, 0.3) is 0 Å². The Hall–Kier alpha value is -2.53. The van der Waals surface area contributed by atoms with Crippen molar-refractivity contribution in [2.75, 3.05) is 38.2 Å². The molecule has 0 aromatic heterocycles. The molecule has 0 spiro atoms. The first-order valence-electron chi connectivity index (χ1n) is 11.3. The van der Waals surface area contributed by atoms with E-state index in [1.165, 1.54) is 28.6 Å². The van der Waals surface area contributed by atoms with E-state index in [1.54, 1.807) is 18.2 Å². The van der Waals surface area contributed by atoms with Crippen LogP contribution in [0.15, 0.2) is 47.4 Å². The number of hydrogen-bond acceptors (Lipinski definition) is 6. The van der Waals surface area contributed by atoms with Gasteiger partial charge in [0.1, 0.15) is 10.7 Å². The van der Waals surface area contributed by atoms with Crippen LogP contribution in [0.2, 0.25) is 5.02 Å². The van der Waals surface area contributed by atoms with Gasteiger partial charge in [-0.2, -0.15) is 4.31 Å². The Kier molecular flexibility index (Phi) is 7.75. The quantitative estimate of drug-likeness (QED) is 0.556. The predicted molar refractivity (Wildman–Crippen MR) is 127 cm³/mol. The first kappa shape index (κ1) is 25.6. The highest BCUT2D eigenvalue weighted by atomic mass is 35.5. The molecule has 1 N–H and O–H groups in total. The van der Waals surface area contributed by atoms with Crippen LogP contribution in [0.5, 0.6) is 0 Å². The Morgan fingerprint density at radius 2 is 1.80 bits per heavy atom. The fourth-order valence-corrected chi connectivity index (χ4v) is 6.49. The molecule has 2 aromatic rings. The maximum atomic E-state index is 14.5. The Bertz CT molecular complexity index is 1210. The number of anilines is 1. The minimum absolute atomic E-state index is 0.0222. The number of halogens is 2. The van der Waals surface area contributed by atoms with Crippen molar-refractivity contribution in [3.63, 3.8) is 0 Å². The number of ether oxygens (including phenoxy) is 2. The second-order valence-electron chi connectivity index (χ2n) is 8.56. The molecule has 188 valence electrons. The van der Waals surface area contributed by atoms with Crippen LogP contribution in [0.3, 0.4) is 0 Å². The van der Waals surface area contributed by atoms with E-state index in [0.29, 0.717) is 12.8 Å². The van der Waals surface area contributed by atoms with Gasteiger partial charge in [0.15, 0.2) is 6.61 Å². The Labute approximate surface area is 208 Å². The molecule has 35 heavy (non-hydrogen) atoms. The maximum Gasteiger partial charge on any atom is 0.317 e. The number of benzene rings is 2. The molecule has 1 amide bonds. The van der Waals surface area contributed by atoms with Gasteiger partial charge in [-0.3, -0.25) is 9.59 Å². The molecule has 2 aliphatic rings. The third kappa shape index (κ3) is 5.35. The Balaban J connectivity index is 1.44. The third-order valence-electron chi connectivity index (χ3n) is 6.37. The lowest BCUT2D eigenvalue weighted by Crippen LogP contribution is -2.40. The van der Waals surface area contributed by atoms with E-state index in [9.17, 15) is 22.4 Å². The van der Waals surface area contributed by atoms with E-state index in [4.69, 9.17) is 21.1 Å². The minimum Gasteiger partial charge on any atom is -0.455 e. The number of amides is 1. The van der Waals surface area contributed by atoms with Crippen LogP contribution in [0.1, 0.15) is 31.2 Å². The molecule has 11 heteroatoms. The molecule has 8 nitrogen and oxygen atoms in total. The van der Waals surface area contributed by atoms with Crippen LogP contribution in [0, 0.1) is 5.82 Å². The summed E-state index contributed by atoms with van der Waals surface area (Å²) < 4.78 is 52.2. The normalized spacial score (nSPS) is 18.2. The van der Waals surface area contributed by atoms with Gasteiger partial charge < -0.3 is 14.8 Å². The van der Waals surface area contributed by atoms with Gasteiger partial charge in [-0.15, -0.1) is 0 Å². The summed E-state index contributed by atoms with van der Waals surface area (Å²) in [5, 5.41) is 2.56. The first-order chi connectivity index (χ1) is 16.7. The SMILES string of the molecule is O=C(COC(=O)C1(c2ccccc2F)CCCC1)Nc1ccc(Cl)c(S(=O)(=O)N2CCOCC2)c1. The summed E-state index contributed by atoms with van der Waals surface area (Å²) in [5.41, 5.74) is -0.656. The molecule has 0 atom stereocenters. The molecule has 1 saturated heterocycles. The molecule has 0 radical (unpaired) electrons. The number of nitrogens with one attached hydrogen (secondary N) is 1. The van der Waals surface area contributed by atoms with Gasteiger partial charge >= 0.3 is 5.97 Å². The molecule has 1 aliphatic heterocycles. The van der Waals surface area contributed by atoms with E-state index in [-0.39, 0.29) is 47.5 Å². The van der Waals surface area contributed by atoms with Crippen molar-refractivity contribution < 1.29 is 31.9 Å². The zero-order chi connectivity index (χ0) is 25.1. The number of carbonyl (C=O) groups is 2. The highest BCUT2D eigenvalue weighted by Gasteiger charge is 2.46. The largest absolute Gasteiger partial charge is 0.455 e. The summed E-state index contributed by atoms with van der Waals surface area (Å²) in [6.07, 6.45) is 2.38. The fraction of sp³-hybridized carbons (Fsp3) is 0.417. The van der Waals surface area contributed by atoms with Gasteiger partial charge in [-0.25, -0.2) is 12.8 Å². The number of morpholine rings is 1. The molecule has 0 unspecified atom stereocenters. The molecule has 0 bridgehead atoms. The number of carbonyl (C=O) groups excluding carboxylic acids is 2.